The summed E-state index contributed by atoms with van der Waals surface area (Å²) < 4.78 is 1.73. The first-order valence-electron chi connectivity index (χ1n) is 8.06. The van der Waals surface area contributed by atoms with Crippen molar-refractivity contribution in [2.75, 3.05) is 26.7 Å². The van der Waals surface area contributed by atoms with E-state index in [0.29, 0.717) is 11.5 Å². The molecule has 1 atom stereocenters. The summed E-state index contributed by atoms with van der Waals surface area (Å²) in [6, 6.07) is 0.0781. The SMILES string of the molecule is Cc1cncn(CC2CCN(C3CCN(C)C3=O)CC2)c1=O. The number of hydrogen-bond donors (Lipinski definition) is 0. The van der Waals surface area contributed by atoms with Gasteiger partial charge in [-0.1, -0.05) is 0 Å². The van der Waals surface area contributed by atoms with Gasteiger partial charge < -0.3 is 4.90 Å². The Morgan fingerprint density at radius 3 is 2.55 bits per heavy atom. The number of likely N-dealkylation sites (tertiary alicyclic amines) is 2. The Morgan fingerprint density at radius 2 is 1.91 bits per heavy atom. The zero-order chi connectivity index (χ0) is 15.7. The number of hydrogen-bond acceptors (Lipinski definition) is 4. The summed E-state index contributed by atoms with van der Waals surface area (Å²) in [6.07, 6.45) is 6.27. The first-order chi connectivity index (χ1) is 10.6. The van der Waals surface area contributed by atoms with Gasteiger partial charge in [-0.25, -0.2) is 4.98 Å². The predicted octanol–water partition coefficient (Wildman–Crippen LogP) is 0.494. The lowest BCUT2D eigenvalue weighted by Crippen LogP contribution is -2.46. The Bertz CT molecular complexity index is 604. The molecule has 1 amide bonds. The third-order valence-corrected chi connectivity index (χ3v) is 5.02. The Kier molecular flexibility index (Phi) is 4.29. The molecule has 22 heavy (non-hydrogen) atoms. The van der Waals surface area contributed by atoms with Gasteiger partial charge in [-0.05, 0) is 45.2 Å². The highest BCUT2D eigenvalue weighted by molar-refractivity contribution is 5.83. The monoisotopic (exact) mass is 304 g/mol. The molecule has 2 aliphatic heterocycles. The van der Waals surface area contributed by atoms with Gasteiger partial charge in [0.05, 0.1) is 12.4 Å². The molecular weight excluding hydrogens is 280 g/mol. The Morgan fingerprint density at radius 1 is 1.18 bits per heavy atom. The van der Waals surface area contributed by atoms with Crippen LogP contribution in [-0.4, -0.2) is 58.0 Å². The molecule has 2 aliphatic rings. The van der Waals surface area contributed by atoms with Crippen molar-refractivity contribution in [3.05, 3.63) is 28.4 Å². The van der Waals surface area contributed by atoms with E-state index in [1.807, 2.05) is 11.9 Å². The second kappa shape index (κ2) is 6.20. The van der Waals surface area contributed by atoms with Crippen LogP contribution >= 0.6 is 0 Å². The van der Waals surface area contributed by atoms with Crippen LogP contribution in [0.2, 0.25) is 0 Å². The molecule has 0 spiro atoms. The van der Waals surface area contributed by atoms with Crippen molar-refractivity contribution in [1.29, 1.82) is 0 Å². The molecule has 6 heteroatoms. The van der Waals surface area contributed by atoms with Crippen LogP contribution in [0.3, 0.4) is 0 Å². The van der Waals surface area contributed by atoms with E-state index in [9.17, 15) is 9.59 Å². The van der Waals surface area contributed by atoms with E-state index < -0.39 is 0 Å². The number of nitrogens with zero attached hydrogens (tertiary/aromatic N) is 4. The number of amides is 1. The normalized spacial score (nSPS) is 24.2. The third-order valence-electron chi connectivity index (χ3n) is 5.02. The Hall–Kier alpha value is -1.69. The maximum Gasteiger partial charge on any atom is 0.256 e. The highest BCUT2D eigenvalue weighted by Crippen LogP contribution is 2.24. The maximum absolute atomic E-state index is 12.1. The highest BCUT2D eigenvalue weighted by Gasteiger charge is 2.35. The van der Waals surface area contributed by atoms with Gasteiger partial charge >= 0.3 is 0 Å². The minimum Gasteiger partial charge on any atom is -0.344 e. The van der Waals surface area contributed by atoms with E-state index in [4.69, 9.17) is 0 Å². The summed E-state index contributed by atoms with van der Waals surface area (Å²) >= 11 is 0. The number of likely N-dealkylation sites (N-methyl/N-ethyl adjacent to an activating group) is 1. The lowest BCUT2D eigenvalue weighted by Gasteiger charge is -2.35. The van der Waals surface area contributed by atoms with Crippen LogP contribution in [0.4, 0.5) is 0 Å². The third kappa shape index (κ3) is 2.92. The fourth-order valence-electron chi connectivity index (χ4n) is 3.56. The van der Waals surface area contributed by atoms with Gasteiger partial charge in [-0.3, -0.25) is 19.1 Å². The van der Waals surface area contributed by atoms with Gasteiger partial charge in [0, 0.05) is 31.9 Å². The van der Waals surface area contributed by atoms with Crippen LogP contribution in [0.15, 0.2) is 17.3 Å². The zero-order valence-corrected chi connectivity index (χ0v) is 13.4. The largest absolute Gasteiger partial charge is 0.344 e. The van der Waals surface area contributed by atoms with Gasteiger partial charge in [0.15, 0.2) is 0 Å². The van der Waals surface area contributed by atoms with Crippen LogP contribution in [0, 0.1) is 12.8 Å². The van der Waals surface area contributed by atoms with Gasteiger partial charge in [0.1, 0.15) is 0 Å². The molecule has 3 heterocycles. The molecule has 1 aromatic rings. The molecule has 0 aromatic carbocycles. The van der Waals surface area contributed by atoms with E-state index in [1.165, 1.54) is 0 Å². The minimum atomic E-state index is 0.0602. The quantitative estimate of drug-likeness (QED) is 0.816. The maximum atomic E-state index is 12.1. The number of rotatable bonds is 3. The molecule has 2 fully saturated rings. The summed E-state index contributed by atoms with van der Waals surface area (Å²) in [5, 5.41) is 0. The van der Waals surface area contributed by atoms with Crippen molar-refractivity contribution in [2.45, 2.75) is 38.8 Å². The molecule has 2 saturated heterocycles. The lowest BCUT2D eigenvalue weighted by atomic mass is 9.95. The van der Waals surface area contributed by atoms with Crippen molar-refractivity contribution in [3.63, 3.8) is 0 Å². The second-order valence-corrected chi connectivity index (χ2v) is 6.58. The first-order valence-corrected chi connectivity index (χ1v) is 8.06. The van der Waals surface area contributed by atoms with Crippen molar-refractivity contribution in [1.82, 2.24) is 19.4 Å². The molecule has 6 nitrogen and oxygen atoms in total. The number of carbonyl (C=O) groups excluding carboxylic acids is 1. The summed E-state index contributed by atoms with van der Waals surface area (Å²) in [7, 11) is 1.88. The minimum absolute atomic E-state index is 0.0602. The van der Waals surface area contributed by atoms with Gasteiger partial charge in [0.2, 0.25) is 5.91 Å². The Labute approximate surface area is 130 Å². The van der Waals surface area contributed by atoms with Crippen molar-refractivity contribution >= 4 is 5.91 Å². The summed E-state index contributed by atoms with van der Waals surface area (Å²) in [5.41, 5.74) is 0.754. The number of carbonyl (C=O) groups is 1. The van der Waals surface area contributed by atoms with Crippen LogP contribution in [0.1, 0.15) is 24.8 Å². The van der Waals surface area contributed by atoms with Crippen LogP contribution in [0.5, 0.6) is 0 Å². The fraction of sp³-hybridized carbons (Fsp3) is 0.688. The smallest absolute Gasteiger partial charge is 0.256 e. The molecule has 0 radical (unpaired) electrons. The Balaban J connectivity index is 1.57. The summed E-state index contributed by atoms with van der Waals surface area (Å²) in [4.78, 5) is 32.4. The van der Waals surface area contributed by atoms with E-state index in [-0.39, 0.29) is 17.5 Å². The molecule has 0 aliphatic carbocycles. The van der Waals surface area contributed by atoms with Crippen molar-refractivity contribution in [2.24, 2.45) is 5.92 Å². The molecule has 0 N–H and O–H groups in total. The van der Waals surface area contributed by atoms with Crippen molar-refractivity contribution < 1.29 is 4.79 Å². The van der Waals surface area contributed by atoms with Gasteiger partial charge in [-0.15, -0.1) is 0 Å². The number of aromatic nitrogens is 2. The standard InChI is InChI=1S/C16H24N4O2/c1-12-9-17-11-20(15(12)21)10-13-3-7-19(8-4-13)14-5-6-18(2)16(14)22/h9,11,13-14H,3-8,10H2,1-2H3. The molecule has 0 bridgehead atoms. The van der Waals surface area contributed by atoms with E-state index in [1.54, 1.807) is 24.0 Å². The van der Waals surface area contributed by atoms with Crippen LogP contribution in [-0.2, 0) is 11.3 Å². The molecule has 0 saturated carbocycles. The van der Waals surface area contributed by atoms with Gasteiger partial charge in [-0.2, -0.15) is 0 Å². The second-order valence-electron chi connectivity index (χ2n) is 6.58. The molecule has 3 rings (SSSR count). The van der Waals surface area contributed by atoms with E-state index in [2.05, 4.69) is 9.88 Å². The summed E-state index contributed by atoms with van der Waals surface area (Å²) in [6.45, 7) is 5.30. The highest BCUT2D eigenvalue weighted by atomic mass is 16.2. The zero-order valence-electron chi connectivity index (χ0n) is 13.4. The fourth-order valence-corrected chi connectivity index (χ4v) is 3.56. The molecular formula is C16H24N4O2. The topological polar surface area (TPSA) is 58.4 Å². The first kappa shape index (κ1) is 15.2. The molecule has 1 aromatic heterocycles. The summed E-state index contributed by atoms with van der Waals surface area (Å²) in [5.74, 6) is 0.754. The average Bonchev–Trinajstić information content (AvgIpc) is 2.85. The predicted molar refractivity (Wildman–Crippen MR) is 83.6 cm³/mol. The van der Waals surface area contributed by atoms with Crippen molar-refractivity contribution in [3.8, 4) is 0 Å². The lowest BCUT2D eigenvalue weighted by molar-refractivity contribution is -0.131. The van der Waals surface area contributed by atoms with E-state index >= 15 is 0 Å². The van der Waals surface area contributed by atoms with Crippen LogP contribution < -0.4 is 5.56 Å². The van der Waals surface area contributed by atoms with Crippen LogP contribution in [0.25, 0.3) is 0 Å². The van der Waals surface area contributed by atoms with Gasteiger partial charge in [0.25, 0.3) is 5.56 Å². The number of aryl methyl sites for hydroxylation is 1. The average molecular weight is 304 g/mol. The number of piperidine rings is 1. The van der Waals surface area contributed by atoms with E-state index in [0.717, 1.165) is 45.4 Å². The molecule has 1 unspecified atom stereocenters. The molecule has 120 valence electrons.